The molecule has 0 heterocycles. The molecule has 54 heavy (non-hydrogen) atoms. The van der Waals surface area contributed by atoms with Crippen LogP contribution in [0.2, 0.25) is 0 Å². The molecular weight excluding hydrogens is 721 g/mol. The van der Waals surface area contributed by atoms with Gasteiger partial charge in [-0.05, 0) is 67.4 Å². The van der Waals surface area contributed by atoms with Crippen LogP contribution >= 0.6 is 11.8 Å². The van der Waals surface area contributed by atoms with Crippen molar-refractivity contribution in [1.82, 2.24) is 16.0 Å². The fourth-order valence-electron chi connectivity index (χ4n) is 8.20. The predicted molar refractivity (Wildman–Crippen MR) is 229 cm³/mol. The number of nitrogens with one attached hydrogen (secondary N) is 3. The SMILES string of the molecule is CCCC(CCCCC(=O)NCCCNC(=O)C(C)(C(C)(C)C)C(C)(C)C(C)(C)C(C)(CC(C)C)C(=O)NCCC[N+](C)(C)CCCS(=O)OOC)SC. The third kappa shape index (κ3) is 15.6. The Bertz CT molecular complexity index is 1160. The third-order valence-corrected chi connectivity index (χ3v) is 15.0. The summed E-state index contributed by atoms with van der Waals surface area (Å²) < 4.78 is 17.2. The molecule has 0 fully saturated rings. The normalized spacial score (nSPS) is 16.3. The Labute approximate surface area is 339 Å². The fraction of sp³-hybridized carbons (Fsp3) is 0.929. The molecule has 4 unspecified atom stereocenters. The lowest BCUT2D eigenvalue weighted by Gasteiger charge is -2.62. The zero-order valence-corrected chi connectivity index (χ0v) is 39.3. The zero-order valence-electron chi connectivity index (χ0n) is 37.7. The van der Waals surface area contributed by atoms with E-state index in [2.05, 4.69) is 129 Å². The highest BCUT2D eigenvalue weighted by Gasteiger charge is 2.65. The summed E-state index contributed by atoms with van der Waals surface area (Å²) in [4.78, 5) is 45.8. The van der Waals surface area contributed by atoms with Crippen LogP contribution in [0.5, 0.6) is 0 Å². The van der Waals surface area contributed by atoms with Crippen molar-refractivity contribution in [2.45, 2.75) is 153 Å². The summed E-state index contributed by atoms with van der Waals surface area (Å²) in [6, 6.07) is 0. The van der Waals surface area contributed by atoms with Gasteiger partial charge in [0.1, 0.15) is 0 Å². The lowest BCUT2D eigenvalue weighted by molar-refractivity contribution is -0.890. The Kier molecular flexibility index (Phi) is 23.3. The van der Waals surface area contributed by atoms with Crippen LogP contribution in [0, 0.1) is 33.0 Å². The van der Waals surface area contributed by atoms with E-state index in [1.54, 1.807) is 0 Å². The van der Waals surface area contributed by atoms with E-state index in [0.717, 1.165) is 49.7 Å². The van der Waals surface area contributed by atoms with Gasteiger partial charge < -0.3 is 20.4 Å². The molecule has 0 aromatic carbocycles. The minimum absolute atomic E-state index is 0.0177. The largest absolute Gasteiger partial charge is 0.356 e. The van der Waals surface area contributed by atoms with Gasteiger partial charge in [-0.15, -0.1) is 4.33 Å². The maximum absolute atomic E-state index is 14.4. The molecule has 3 amide bonds. The first kappa shape index (κ1) is 52.8. The average molecular weight is 806 g/mol. The number of carbonyl (C=O) groups excluding carboxylic acids is 3. The standard InChI is InChI=1S/C42H84N4O6S2/c1-17-23-34(53-16)24-18-19-25-35(47)43-26-20-27-45-37(49)42(12,38(4,5)6)40(9,10)39(7,8)41(11,32-33(2)3)36(48)44-28-21-29-46(13,14)30-22-31-54(50)52-51-15/h33-34H,17-32H2,1-16H3,(H2-,43,44,45,47,48,49)/p+1. The smallest absolute Gasteiger partial charge is 0.227 e. The maximum Gasteiger partial charge on any atom is 0.227 e. The second kappa shape index (κ2) is 23.9. The van der Waals surface area contributed by atoms with E-state index in [-0.39, 0.29) is 23.6 Å². The van der Waals surface area contributed by atoms with Crippen molar-refractivity contribution in [1.29, 1.82) is 0 Å². The molecule has 4 atom stereocenters. The van der Waals surface area contributed by atoms with Crippen LogP contribution in [-0.4, -0.2) is 97.6 Å². The minimum atomic E-state index is -1.45. The summed E-state index contributed by atoms with van der Waals surface area (Å²) in [6.07, 6.45) is 11.1. The molecule has 10 nitrogen and oxygen atoms in total. The van der Waals surface area contributed by atoms with Crippen molar-refractivity contribution in [2.24, 2.45) is 33.0 Å². The number of amides is 3. The maximum atomic E-state index is 14.4. The van der Waals surface area contributed by atoms with Gasteiger partial charge in [-0.2, -0.15) is 11.8 Å². The molecule has 0 saturated carbocycles. The summed E-state index contributed by atoms with van der Waals surface area (Å²) in [5.41, 5.74) is -3.29. The number of unbranched alkanes of at least 4 members (excludes halogenated alkanes) is 1. The van der Waals surface area contributed by atoms with Gasteiger partial charge in [0.25, 0.3) is 0 Å². The van der Waals surface area contributed by atoms with Crippen LogP contribution in [0.1, 0.15) is 147 Å². The first-order valence-corrected chi connectivity index (χ1v) is 23.1. The molecule has 0 rings (SSSR count). The second-order valence-corrected chi connectivity index (χ2v) is 21.3. The number of hydrogen-bond donors (Lipinski definition) is 3. The van der Waals surface area contributed by atoms with Crippen LogP contribution in [-0.2, 0) is 34.7 Å². The molecule has 0 spiro atoms. The van der Waals surface area contributed by atoms with E-state index in [9.17, 15) is 18.6 Å². The van der Waals surface area contributed by atoms with Gasteiger partial charge >= 0.3 is 0 Å². The second-order valence-electron chi connectivity index (χ2n) is 19.0. The van der Waals surface area contributed by atoms with E-state index >= 15 is 0 Å². The Morgan fingerprint density at radius 2 is 1.31 bits per heavy atom. The summed E-state index contributed by atoms with van der Waals surface area (Å²) in [6.45, 7) is 28.9. The highest BCUT2D eigenvalue weighted by molar-refractivity contribution is 7.99. The molecule has 0 aromatic heterocycles. The highest BCUT2D eigenvalue weighted by Crippen LogP contribution is 2.65. The summed E-state index contributed by atoms with van der Waals surface area (Å²) in [5, 5.41) is 10.3. The minimum Gasteiger partial charge on any atom is -0.356 e. The topological polar surface area (TPSA) is 123 Å². The Morgan fingerprint density at radius 1 is 0.759 bits per heavy atom. The molecule has 0 aliphatic heterocycles. The van der Waals surface area contributed by atoms with Gasteiger partial charge in [-0.25, -0.2) is 9.10 Å². The van der Waals surface area contributed by atoms with E-state index in [1.165, 1.54) is 20.0 Å². The van der Waals surface area contributed by atoms with Crippen molar-refractivity contribution in [3.05, 3.63) is 0 Å². The zero-order chi connectivity index (χ0) is 42.0. The Morgan fingerprint density at radius 3 is 1.85 bits per heavy atom. The quantitative estimate of drug-likeness (QED) is 0.0303. The Balaban J connectivity index is 5.66. The number of thioether (sulfide) groups is 1. The van der Waals surface area contributed by atoms with E-state index in [0.29, 0.717) is 49.9 Å². The van der Waals surface area contributed by atoms with Gasteiger partial charge in [-0.1, -0.05) is 89.0 Å². The van der Waals surface area contributed by atoms with Crippen LogP contribution in [0.4, 0.5) is 0 Å². The molecule has 12 heteroatoms. The predicted octanol–water partition coefficient (Wildman–Crippen LogP) is 8.07. The van der Waals surface area contributed by atoms with Crippen LogP contribution in [0.3, 0.4) is 0 Å². The molecule has 320 valence electrons. The first-order valence-electron chi connectivity index (χ1n) is 20.6. The summed E-state index contributed by atoms with van der Waals surface area (Å²) >= 11 is 0.476. The third-order valence-electron chi connectivity index (χ3n) is 13.0. The van der Waals surface area contributed by atoms with Gasteiger partial charge in [-0.3, -0.25) is 14.4 Å². The molecule has 0 bridgehead atoms. The number of nitrogens with zero attached hydrogens (tertiary/aromatic N) is 1. The van der Waals surface area contributed by atoms with Gasteiger partial charge in [0.2, 0.25) is 17.7 Å². The lowest BCUT2D eigenvalue weighted by atomic mass is 9.41. The number of rotatable bonds is 29. The van der Waals surface area contributed by atoms with Crippen molar-refractivity contribution < 1.29 is 32.3 Å². The number of quaternary nitrogens is 1. The van der Waals surface area contributed by atoms with Crippen molar-refractivity contribution in [3.63, 3.8) is 0 Å². The monoisotopic (exact) mass is 806 g/mol. The van der Waals surface area contributed by atoms with E-state index < -0.39 is 38.2 Å². The molecule has 0 aliphatic carbocycles. The molecule has 0 aliphatic rings. The molecular formula is C42H85N4O6S2+. The van der Waals surface area contributed by atoms with Gasteiger partial charge in [0.15, 0.2) is 11.1 Å². The van der Waals surface area contributed by atoms with Crippen LogP contribution < -0.4 is 16.0 Å². The van der Waals surface area contributed by atoms with Gasteiger partial charge in [0, 0.05) is 44.1 Å². The highest BCUT2D eigenvalue weighted by atomic mass is 32.2. The van der Waals surface area contributed by atoms with Crippen molar-refractivity contribution >= 4 is 40.6 Å². The molecule has 0 radical (unpaired) electrons. The molecule has 3 N–H and O–H groups in total. The van der Waals surface area contributed by atoms with Crippen LogP contribution in [0.25, 0.3) is 0 Å². The summed E-state index contributed by atoms with van der Waals surface area (Å²) in [5.74, 6) is 0.738. The fourth-order valence-corrected chi connectivity index (χ4v) is 9.66. The average Bonchev–Trinajstić information content (AvgIpc) is 3.06. The van der Waals surface area contributed by atoms with Crippen molar-refractivity contribution in [2.75, 3.05) is 65.9 Å². The first-order chi connectivity index (χ1) is 24.8. The molecule has 0 saturated heterocycles. The van der Waals surface area contributed by atoms with Crippen molar-refractivity contribution in [3.8, 4) is 0 Å². The van der Waals surface area contributed by atoms with E-state index in [1.807, 2.05) is 11.8 Å². The van der Waals surface area contributed by atoms with Crippen LogP contribution in [0.15, 0.2) is 0 Å². The summed E-state index contributed by atoms with van der Waals surface area (Å²) in [7, 11) is 5.64. The lowest BCUT2D eigenvalue weighted by Crippen LogP contribution is -2.65. The Hall–Kier alpha value is -1.21. The van der Waals surface area contributed by atoms with E-state index in [4.69, 9.17) is 0 Å². The van der Waals surface area contributed by atoms with Gasteiger partial charge in [0.05, 0.1) is 50.9 Å². The molecule has 0 aromatic rings. The number of carbonyl (C=O) groups is 3. The number of hydrogen-bond acceptors (Lipinski definition) is 7.